The van der Waals surface area contributed by atoms with Gasteiger partial charge in [0, 0.05) is 5.56 Å². The lowest BCUT2D eigenvalue weighted by molar-refractivity contribution is -0.113. The summed E-state index contributed by atoms with van der Waals surface area (Å²) in [6, 6.07) is 5.30. The van der Waals surface area contributed by atoms with Crippen molar-refractivity contribution >= 4 is 17.6 Å². The minimum atomic E-state index is -1.04. The molecule has 1 aromatic heterocycles. The van der Waals surface area contributed by atoms with Crippen molar-refractivity contribution in [2.24, 2.45) is 5.73 Å². The zero-order valence-corrected chi connectivity index (χ0v) is 11.5. The van der Waals surface area contributed by atoms with Gasteiger partial charge < -0.3 is 10.5 Å². The van der Waals surface area contributed by atoms with Crippen LogP contribution in [0, 0.1) is 12.3 Å². The topological polar surface area (TPSA) is 144 Å². The van der Waals surface area contributed by atoms with Crippen molar-refractivity contribution in [3.05, 3.63) is 42.0 Å². The average molecular weight is 300 g/mol. The van der Waals surface area contributed by atoms with Crippen molar-refractivity contribution in [3.63, 3.8) is 0 Å². The summed E-state index contributed by atoms with van der Waals surface area (Å²) in [5.41, 5.74) is 4.56. The van der Waals surface area contributed by atoms with E-state index in [2.05, 4.69) is 15.0 Å². The molecule has 2 aromatic rings. The number of benzene rings is 1. The number of rotatable bonds is 4. The van der Waals surface area contributed by atoms with E-state index >= 15 is 0 Å². The quantitative estimate of drug-likeness (QED) is 0.703. The molecule has 1 aromatic carbocycles. The third-order valence-corrected chi connectivity index (χ3v) is 2.49. The van der Waals surface area contributed by atoms with E-state index in [1.807, 2.05) is 5.32 Å². The number of urea groups is 1. The molecule has 0 aliphatic heterocycles. The van der Waals surface area contributed by atoms with Gasteiger partial charge >= 0.3 is 12.0 Å². The Hall–Kier alpha value is -3.36. The molecule has 0 saturated heterocycles. The number of primary amides is 1. The first-order valence-electron chi connectivity index (χ1n) is 6.09. The molecule has 0 unspecified atom stereocenters. The predicted octanol–water partition coefficient (Wildman–Crippen LogP) is 0.535. The molecule has 0 bridgehead atoms. The number of nitrogens with zero attached hydrogens (tertiary/aromatic N) is 3. The van der Waals surface area contributed by atoms with Crippen LogP contribution in [0.15, 0.2) is 30.6 Å². The van der Waals surface area contributed by atoms with Crippen molar-refractivity contribution in [2.75, 3.05) is 0 Å². The number of aromatic nitrogens is 3. The van der Waals surface area contributed by atoms with Crippen LogP contribution < -0.4 is 15.8 Å². The lowest BCUT2D eigenvalue weighted by Crippen LogP contribution is -2.39. The van der Waals surface area contributed by atoms with E-state index in [-0.39, 0.29) is 17.3 Å². The normalized spacial score (nSPS) is 9.86. The molecule has 112 valence electrons. The summed E-state index contributed by atoms with van der Waals surface area (Å²) in [7, 11) is 0. The number of amides is 3. The molecule has 4 N–H and O–H groups in total. The Balaban J connectivity index is 2.28. The van der Waals surface area contributed by atoms with Gasteiger partial charge in [0.25, 0.3) is 5.91 Å². The van der Waals surface area contributed by atoms with Crippen LogP contribution in [-0.2, 0) is 4.79 Å². The molecule has 0 saturated carbocycles. The van der Waals surface area contributed by atoms with Crippen LogP contribution in [0.5, 0.6) is 11.8 Å². The standard InChI is InChI=1S/C13H12N6O3/c1-7-16-6-17-13(18-7)22-9-5-3-2-4-8(9)10(14)11(20)19-12(15)21/h2-6,14H,1H3,(H3,15,19,20,21). The first-order chi connectivity index (χ1) is 10.5. The number of hydrogen-bond donors (Lipinski definition) is 3. The molecule has 22 heavy (non-hydrogen) atoms. The van der Waals surface area contributed by atoms with Gasteiger partial charge in [-0.05, 0) is 19.1 Å². The van der Waals surface area contributed by atoms with Crippen LogP contribution in [0.3, 0.4) is 0 Å². The molecule has 1 heterocycles. The number of hydrogen-bond acceptors (Lipinski definition) is 7. The third kappa shape index (κ3) is 3.60. The molecule has 0 aliphatic rings. The van der Waals surface area contributed by atoms with Crippen LogP contribution >= 0.6 is 0 Å². The number of nitrogens with two attached hydrogens (primary N) is 1. The molecule has 0 atom stereocenters. The van der Waals surface area contributed by atoms with Gasteiger partial charge in [0.2, 0.25) is 0 Å². The highest BCUT2D eigenvalue weighted by molar-refractivity contribution is 6.46. The molecule has 0 aliphatic carbocycles. The second-order valence-electron chi connectivity index (χ2n) is 4.11. The molecule has 2 rings (SSSR count). The number of carbonyl (C=O) groups is 2. The van der Waals surface area contributed by atoms with Crippen molar-refractivity contribution in [1.82, 2.24) is 20.3 Å². The minimum Gasteiger partial charge on any atom is -0.423 e. The third-order valence-electron chi connectivity index (χ3n) is 2.49. The van der Waals surface area contributed by atoms with Gasteiger partial charge in [-0.2, -0.15) is 9.97 Å². The second kappa shape index (κ2) is 6.39. The summed E-state index contributed by atoms with van der Waals surface area (Å²) in [6.45, 7) is 1.67. The van der Waals surface area contributed by atoms with E-state index < -0.39 is 17.6 Å². The number of imide groups is 1. The van der Waals surface area contributed by atoms with E-state index in [4.69, 9.17) is 15.9 Å². The van der Waals surface area contributed by atoms with Crippen LogP contribution in [-0.4, -0.2) is 32.6 Å². The van der Waals surface area contributed by atoms with Gasteiger partial charge in [0.15, 0.2) is 0 Å². The molecule has 3 amide bonds. The fourth-order valence-corrected chi connectivity index (χ4v) is 1.56. The smallest absolute Gasteiger partial charge is 0.325 e. The van der Waals surface area contributed by atoms with E-state index in [1.54, 1.807) is 25.1 Å². The Kier molecular flexibility index (Phi) is 4.37. The lowest BCUT2D eigenvalue weighted by atomic mass is 10.1. The van der Waals surface area contributed by atoms with Crippen LogP contribution in [0.1, 0.15) is 11.4 Å². The maximum atomic E-state index is 11.7. The van der Waals surface area contributed by atoms with E-state index in [0.717, 1.165) is 0 Å². The van der Waals surface area contributed by atoms with Crippen molar-refractivity contribution < 1.29 is 14.3 Å². The number of ether oxygens (including phenoxy) is 1. The van der Waals surface area contributed by atoms with Crippen LogP contribution in [0.25, 0.3) is 0 Å². The van der Waals surface area contributed by atoms with Gasteiger partial charge in [-0.1, -0.05) is 12.1 Å². The molecule has 0 spiro atoms. The van der Waals surface area contributed by atoms with E-state index in [1.165, 1.54) is 12.4 Å². The van der Waals surface area contributed by atoms with Gasteiger partial charge in [-0.15, -0.1) is 0 Å². The lowest BCUT2D eigenvalue weighted by Gasteiger charge is -2.10. The molecule has 9 nitrogen and oxygen atoms in total. The molecule has 9 heteroatoms. The first-order valence-corrected chi connectivity index (χ1v) is 6.09. The highest BCUT2D eigenvalue weighted by Crippen LogP contribution is 2.23. The number of nitrogens with one attached hydrogen (secondary N) is 2. The van der Waals surface area contributed by atoms with Gasteiger partial charge in [0.1, 0.15) is 23.6 Å². The number of aryl methyl sites for hydroxylation is 1. The maximum Gasteiger partial charge on any atom is 0.325 e. The summed E-state index contributed by atoms with van der Waals surface area (Å²) in [4.78, 5) is 34.0. The Labute approximate surface area is 125 Å². The molecular formula is C13H12N6O3. The van der Waals surface area contributed by atoms with Gasteiger partial charge in [0.05, 0.1) is 0 Å². The minimum absolute atomic E-state index is 0.0306. The molecular weight excluding hydrogens is 288 g/mol. The SMILES string of the molecule is Cc1ncnc(Oc2ccccc2C(=N)C(=O)NC(N)=O)n1. The predicted molar refractivity (Wildman–Crippen MR) is 75.6 cm³/mol. The Morgan fingerprint density at radius 1 is 1.27 bits per heavy atom. The van der Waals surface area contributed by atoms with Crippen molar-refractivity contribution in [3.8, 4) is 11.8 Å². The summed E-state index contributed by atoms with van der Waals surface area (Å²) in [5, 5.41) is 9.64. The molecule has 0 radical (unpaired) electrons. The fraction of sp³-hybridized carbons (Fsp3) is 0.0769. The highest BCUT2D eigenvalue weighted by atomic mass is 16.5. The number of carbonyl (C=O) groups excluding carboxylic acids is 2. The largest absolute Gasteiger partial charge is 0.423 e. The Morgan fingerprint density at radius 3 is 2.68 bits per heavy atom. The summed E-state index contributed by atoms with van der Waals surface area (Å²) in [5.74, 6) is -0.280. The number of para-hydroxylation sites is 1. The molecule has 0 fully saturated rings. The van der Waals surface area contributed by atoms with Gasteiger partial charge in [-0.25, -0.2) is 9.78 Å². The van der Waals surface area contributed by atoms with Gasteiger partial charge in [-0.3, -0.25) is 15.5 Å². The Morgan fingerprint density at radius 2 is 2.00 bits per heavy atom. The summed E-state index contributed by atoms with van der Waals surface area (Å²) >= 11 is 0. The van der Waals surface area contributed by atoms with E-state index in [0.29, 0.717) is 5.82 Å². The van der Waals surface area contributed by atoms with Crippen molar-refractivity contribution in [1.29, 1.82) is 5.41 Å². The van der Waals surface area contributed by atoms with E-state index in [9.17, 15) is 9.59 Å². The van der Waals surface area contributed by atoms with Crippen LogP contribution in [0.2, 0.25) is 0 Å². The second-order valence-corrected chi connectivity index (χ2v) is 4.11. The zero-order chi connectivity index (χ0) is 16.1. The highest BCUT2D eigenvalue weighted by Gasteiger charge is 2.18. The summed E-state index contributed by atoms with van der Waals surface area (Å²) < 4.78 is 5.47. The fourth-order valence-electron chi connectivity index (χ4n) is 1.56. The zero-order valence-electron chi connectivity index (χ0n) is 11.5. The summed E-state index contributed by atoms with van der Waals surface area (Å²) in [6.07, 6.45) is 1.28. The monoisotopic (exact) mass is 300 g/mol. The van der Waals surface area contributed by atoms with Crippen LogP contribution in [0.4, 0.5) is 4.79 Å². The first kappa shape index (κ1) is 15.0. The van der Waals surface area contributed by atoms with Crippen molar-refractivity contribution in [2.45, 2.75) is 6.92 Å². The maximum absolute atomic E-state index is 11.7. The Bertz CT molecular complexity index is 746. The average Bonchev–Trinajstić information content (AvgIpc) is 2.46.